The maximum Gasteiger partial charge on any atom is 0.573 e. The lowest BCUT2D eigenvalue weighted by Crippen LogP contribution is -2.16. The van der Waals surface area contributed by atoms with Gasteiger partial charge in [-0.25, -0.2) is 4.39 Å². The molecule has 11 rings (SSSR count). The zero-order valence-corrected chi connectivity index (χ0v) is 55.1. The third-order valence-corrected chi connectivity index (χ3v) is 13.4. The van der Waals surface area contributed by atoms with Crippen molar-refractivity contribution in [1.82, 2.24) is 0 Å². The Balaban J connectivity index is 0.000000353. The summed E-state index contributed by atoms with van der Waals surface area (Å²) in [5, 5.41) is 18.2. The van der Waals surface area contributed by atoms with Gasteiger partial charge in [-0.05, 0) is 192 Å². The number of nitro benzene ring substituents is 1. The summed E-state index contributed by atoms with van der Waals surface area (Å²) in [6, 6.07) is 70.8. The molecule has 0 radical (unpaired) electrons. The summed E-state index contributed by atoms with van der Waals surface area (Å²) in [4.78, 5) is 9.80. The van der Waals surface area contributed by atoms with E-state index in [-0.39, 0.29) is 34.7 Å². The van der Waals surface area contributed by atoms with Gasteiger partial charge in [-0.1, -0.05) is 244 Å². The molecule has 16 heteroatoms. The van der Waals surface area contributed by atoms with E-state index >= 15 is 0 Å². The molecule has 92 heavy (non-hydrogen) atoms. The highest BCUT2D eigenvalue weighted by Crippen LogP contribution is 2.29. The summed E-state index contributed by atoms with van der Waals surface area (Å²) in [7, 11) is 0. The SMILES string of the molecule is C.C#Cc1ccc(C)cc1.Cc1ccc(C(F)(F)F)cc1.Cc1ccc(Cl)c(F)c1.Cc1ccc(Cl)c([N+](=O)[O-])c1.Cc1ccc(Cl)cc1.Cc1ccc(OC(F)(F)F)cc1.Cc1ccc2cc(Cl)ccc2c1.Cc1ccc2ccccc2c1.Cc1cccc(Cl)c1. The van der Waals surface area contributed by atoms with E-state index in [1.165, 1.54) is 91.8 Å². The number of aryl methyl sites for hydroxylation is 9. The average molecular weight is 1360 g/mol. The van der Waals surface area contributed by atoms with E-state index in [1.807, 2.05) is 119 Å². The molecule has 11 aromatic carbocycles. The quantitative estimate of drug-likeness (QED) is 0.0750. The van der Waals surface area contributed by atoms with Gasteiger partial charge < -0.3 is 4.74 Å². The molecule has 0 atom stereocenters. The van der Waals surface area contributed by atoms with Crippen LogP contribution in [0.15, 0.2) is 237 Å². The van der Waals surface area contributed by atoms with Crippen molar-refractivity contribution in [2.24, 2.45) is 0 Å². The Morgan fingerprint density at radius 1 is 0.402 bits per heavy atom. The largest absolute Gasteiger partial charge is 0.573 e. The summed E-state index contributed by atoms with van der Waals surface area (Å²) < 4.78 is 86.7. The Morgan fingerprint density at radius 3 is 1.22 bits per heavy atom. The second kappa shape index (κ2) is 40.5. The van der Waals surface area contributed by atoms with E-state index in [0.717, 1.165) is 55.0 Å². The van der Waals surface area contributed by atoms with Crippen LogP contribution in [0, 0.1) is 90.6 Å². The van der Waals surface area contributed by atoms with Crippen LogP contribution in [0.1, 0.15) is 68.6 Å². The first-order chi connectivity index (χ1) is 42.8. The van der Waals surface area contributed by atoms with Crippen LogP contribution in [0.2, 0.25) is 25.1 Å². The Morgan fingerprint density at radius 2 is 0.783 bits per heavy atom. The summed E-state index contributed by atoms with van der Waals surface area (Å²) in [5.41, 5.74) is 10.1. The van der Waals surface area contributed by atoms with E-state index in [9.17, 15) is 40.8 Å². The molecule has 0 aliphatic rings. The van der Waals surface area contributed by atoms with Gasteiger partial charge in [-0.2, -0.15) is 13.2 Å². The summed E-state index contributed by atoms with van der Waals surface area (Å²) in [5.74, 6) is 2.02. The van der Waals surface area contributed by atoms with Crippen LogP contribution in [-0.4, -0.2) is 11.3 Å². The number of terminal acetylenes is 1. The van der Waals surface area contributed by atoms with Gasteiger partial charge in [0.2, 0.25) is 0 Å². The fourth-order valence-electron chi connectivity index (χ4n) is 7.28. The van der Waals surface area contributed by atoms with Gasteiger partial charge in [0.1, 0.15) is 16.6 Å². The predicted molar refractivity (Wildman–Crippen MR) is 374 cm³/mol. The van der Waals surface area contributed by atoms with Crippen LogP contribution in [0.3, 0.4) is 0 Å². The van der Waals surface area contributed by atoms with Gasteiger partial charge in [0.25, 0.3) is 5.69 Å². The van der Waals surface area contributed by atoms with Gasteiger partial charge in [0.15, 0.2) is 0 Å². The molecule has 0 aliphatic carbocycles. The molecule has 4 nitrogen and oxygen atoms in total. The van der Waals surface area contributed by atoms with Gasteiger partial charge in [0, 0.05) is 26.7 Å². The van der Waals surface area contributed by atoms with Crippen molar-refractivity contribution < 1.29 is 40.4 Å². The van der Waals surface area contributed by atoms with Crippen LogP contribution in [0.25, 0.3) is 21.5 Å². The number of nitrogens with zero attached hydrogens (tertiary/aromatic N) is 1. The number of halogens is 12. The van der Waals surface area contributed by atoms with Crippen molar-refractivity contribution in [2.45, 2.75) is 82.3 Å². The van der Waals surface area contributed by atoms with E-state index in [4.69, 9.17) is 64.4 Å². The molecule has 0 unspecified atom stereocenters. The van der Waals surface area contributed by atoms with E-state index < -0.39 is 23.0 Å². The molecule has 0 fully saturated rings. The standard InChI is InChI=1S/C11H9Cl.C11H10.C9H8.C8H7F3O.C8H7F3.C7H6ClF.C7H6ClNO2.2C7H7Cl.CH4/c1-8-2-3-10-7-11(12)5-4-9(10)6-8;1-9-6-7-10-4-2-3-5-11(10)8-9;1-3-9-6-4-8(2)5-7-9;1-6-2-4-7(5-3-6)12-8(9,10)11;1-6-2-4-7(5-3-6)8(9,10)11;1-5-2-3-6(8)7(9)4-5;1-5-2-3-6(8)7(4-5)9(10)11;1-6-2-4-7(8)5-3-6;1-6-3-2-4-7(8)5-6;/h2-7H,1H3;2-8H,1H3;1,4-7H,2H3;2-5H,1H3;2-5H,1H3;2-4H,1H3;2-4H,1H3;2*2-5H,1H3;1H4. The van der Waals surface area contributed by atoms with Gasteiger partial charge in [-0.15, -0.1) is 19.6 Å². The number of rotatable bonds is 2. The Bertz CT molecular complexity index is 3960. The normalized spacial score (nSPS) is 10.0. The van der Waals surface area contributed by atoms with Crippen LogP contribution in [0.5, 0.6) is 5.75 Å². The zero-order chi connectivity index (χ0) is 67.8. The molecule has 11 aromatic rings. The molecule has 0 bridgehead atoms. The lowest BCUT2D eigenvalue weighted by molar-refractivity contribution is -0.384. The number of hydrogen-bond donors (Lipinski definition) is 0. The van der Waals surface area contributed by atoms with E-state index in [2.05, 4.69) is 85.2 Å². The highest BCUT2D eigenvalue weighted by atomic mass is 35.5. The number of fused-ring (bicyclic) bond motifs is 2. The number of benzene rings is 11. The third kappa shape index (κ3) is 33.1. The Labute approximate surface area is 561 Å². The minimum Gasteiger partial charge on any atom is -0.406 e. The first kappa shape index (κ1) is 79.8. The fourth-order valence-corrected chi connectivity index (χ4v) is 8.14. The molecule has 0 N–H and O–H groups in total. The van der Waals surface area contributed by atoms with Crippen molar-refractivity contribution in [3.05, 3.63) is 339 Å². The molecule has 0 heterocycles. The molecule has 0 saturated heterocycles. The van der Waals surface area contributed by atoms with Crippen LogP contribution >= 0.6 is 58.0 Å². The number of ether oxygens (including phenoxy) is 1. The zero-order valence-electron chi connectivity index (χ0n) is 51.3. The predicted octanol–water partition coefficient (Wildman–Crippen LogP) is 26.1. The Hall–Kier alpha value is -8.34. The molecule has 0 spiro atoms. The maximum absolute atomic E-state index is 12.4. The average Bonchev–Trinajstić information content (AvgIpc) is 1.53. The molecular weight excluding hydrogens is 1290 g/mol. The van der Waals surface area contributed by atoms with Crippen molar-refractivity contribution >= 4 is 85.2 Å². The summed E-state index contributed by atoms with van der Waals surface area (Å²) >= 11 is 28.1. The lowest BCUT2D eigenvalue weighted by atomic mass is 10.1. The van der Waals surface area contributed by atoms with Gasteiger partial charge in [-0.3, -0.25) is 10.1 Å². The monoisotopic (exact) mass is 1350 g/mol. The number of hydrogen-bond acceptors (Lipinski definition) is 3. The van der Waals surface area contributed by atoms with Crippen molar-refractivity contribution in [2.75, 3.05) is 0 Å². The van der Waals surface area contributed by atoms with Crippen LogP contribution < -0.4 is 4.74 Å². The summed E-state index contributed by atoms with van der Waals surface area (Å²) in [6.07, 6.45) is -3.67. The lowest BCUT2D eigenvalue weighted by Gasteiger charge is -2.08. The topological polar surface area (TPSA) is 52.4 Å². The molecule has 0 amide bonds. The molecule has 0 saturated carbocycles. The van der Waals surface area contributed by atoms with Gasteiger partial charge in [0.05, 0.1) is 15.5 Å². The third-order valence-electron chi connectivity index (χ3n) is 12.1. The molecular formula is C76H71Cl5F7NO3. The van der Waals surface area contributed by atoms with E-state index in [1.54, 1.807) is 51.1 Å². The number of alkyl halides is 6. The minimum atomic E-state index is -4.60. The second-order valence-corrected chi connectivity index (χ2v) is 22.4. The molecule has 0 aromatic heterocycles. The maximum atomic E-state index is 12.4. The fraction of sp³-hybridized carbons (Fsp3) is 0.158. The first-order valence-electron chi connectivity index (χ1n) is 27.7. The van der Waals surface area contributed by atoms with Crippen molar-refractivity contribution in [1.29, 1.82) is 0 Å². The number of nitro groups is 1. The van der Waals surface area contributed by atoms with Crippen molar-refractivity contribution in [3.8, 4) is 18.1 Å². The van der Waals surface area contributed by atoms with Crippen molar-refractivity contribution in [3.63, 3.8) is 0 Å². The first-order valence-corrected chi connectivity index (χ1v) is 29.6. The highest BCUT2D eigenvalue weighted by molar-refractivity contribution is 6.33. The van der Waals surface area contributed by atoms with Crippen LogP contribution in [0.4, 0.5) is 36.4 Å². The Kier molecular flexibility index (Phi) is 35.1. The molecule has 482 valence electrons. The highest BCUT2D eigenvalue weighted by Gasteiger charge is 2.31. The smallest absolute Gasteiger partial charge is 0.406 e. The minimum absolute atomic E-state index is 0. The van der Waals surface area contributed by atoms with Gasteiger partial charge >= 0.3 is 12.5 Å². The summed E-state index contributed by atoms with van der Waals surface area (Å²) in [6.45, 7) is 17.4. The van der Waals surface area contributed by atoms with E-state index in [0.29, 0.717) is 0 Å². The molecule has 0 aliphatic heterocycles. The second-order valence-electron chi connectivity index (χ2n) is 20.3. The van der Waals surface area contributed by atoms with Crippen LogP contribution in [-0.2, 0) is 6.18 Å².